The lowest BCUT2D eigenvalue weighted by atomic mass is 10.2. The van der Waals surface area contributed by atoms with Crippen LogP contribution < -0.4 is 0 Å². The summed E-state index contributed by atoms with van der Waals surface area (Å²) in [7, 11) is 0. The maximum atomic E-state index is 12.5. The van der Waals surface area contributed by atoms with Crippen LogP contribution in [-0.4, -0.2) is 15.1 Å². The smallest absolute Gasteiger partial charge is 0.274 e. The average Bonchev–Trinajstić information content (AvgIpc) is 2.15. The van der Waals surface area contributed by atoms with E-state index in [1.165, 1.54) is 22.6 Å². The van der Waals surface area contributed by atoms with Gasteiger partial charge in [0.1, 0.15) is 5.69 Å². The molecule has 0 aliphatic carbocycles. The van der Waals surface area contributed by atoms with Gasteiger partial charge in [0.15, 0.2) is 3.70 Å². The van der Waals surface area contributed by atoms with E-state index in [-0.39, 0.29) is 3.70 Å². The predicted molar refractivity (Wildman–Crippen MR) is 58.7 cm³/mol. The Hall–Kier alpha value is -0.900. The SMILES string of the molecule is O=C(Cl)c1nc(I)c([N+](=O)[O-])cc1C(F)F. The number of nitro groups is 1. The van der Waals surface area contributed by atoms with E-state index in [0.717, 1.165) is 0 Å². The molecule has 0 aliphatic heterocycles. The van der Waals surface area contributed by atoms with E-state index in [0.29, 0.717) is 6.07 Å². The maximum Gasteiger partial charge on any atom is 0.301 e. The molecule has 0 bridgehead atoms. The lowest BCUT2D eigenvalue weighted by Gasteiger charge is -2.04. The van der Waals surface area contributed by atoms with Crippen molar-refractivity contribution in [3.63, 3.8) is 0 Å². The highest BCUT2D eigenvalue weighted by molar-refractivity contribution is 14.1. The molecule has 1 rings (SSSR count). The van der Waals surface area contributed by atoms with Crippen molar-refractivity contribution in [1.29, 1.82) is 0 Å². The highest BCUT2D eigenvalue weighted by Crippen LogP contribution is 2.29. The fourth-order valence-electron chi connectivity index (χ4n) is 0.947. The summed E-state index contributed by atoms with van der Waals surface area (Å²) in [5.74, 6) is 0. The molecule has 0 radical (unpaired) electrons. The van der Waals surface area contributed by atoms with E-state index in [2.05, 4.69) is 4.98 Å². The summed E-state index contributed by atoms with van der Waals surface area (Å²) in [5, 5.41) is 9.30. The zero-order valence-corrected chi connectivity index (χ0v) is 10.2. The Morgan fingerprint density at radius 1 is 1.62 bits per heavy atom. The summed E-state index contributed by atoms with van der Waals surface area (Å²) in [6.45, 7) is 0. The molecule has 5 nitrogen and oxygen atoms in total. The summed E-state index contributed by atoms with van der Waals surface area (Å²) >= 11 is 6.51. The molecule has 1 aromatic heterocycles. The van der Waals surface area contributed by atoms with E-state index < -0.39 is 33.5 Å². The fraction of sp³-hybridized carbons (Fsp3) is 0.143. The summed E-state index contributed by atoms with van der Waals surface area (Å²) in [4.78, 5) is 23.8. The van der Waals surface area contributed by atoms with Crippen LogP contribution in [-0.2, 0) is 0 Å². The van der Waals surface area contributed by atoms with Gasteiger partial charge in [-0.1, -0.05) is 0 Å². The Bertz CT molecular complexity index is 469. The molecular weight excluding hydrogens is 360 g/mol. The van der Waals surface area contributed by atoms with Crippen LogP contribution in [0.5, 0.6) is 0 Å². The van der Waals surface area contributed by atoms with Crippen LogP contribution in [0.3, 0.4) is 0 Å². The second-order valence-corrected chi connectivity index (χ2v) is 3.93. The second kappa shape index (κ2) is 4.95. The second-order valence-electron chi connectivity index (χ2n) is 2.57. The molecular formula is C7H2ClF2IN2O3. The molecule has 0 N–H and O–H groups in total. The summed E-state index contributed by atoms with van der Waals surface area (Å²) in [6.07, 6.45) is -3.05. The van der Waals surface area contributed by atoms with E-state index in [9.17, 15) is 23.7 Å². The topological polar surface area (TPSA) is 73.1 Å². The molecule has 0 atom stereocenters. The van der Waals surface area contributed by atoms with Gasteiger partial charge < -0.3 is 0 Å². The van der Waals surface area contributed by atoms with Gasteiger partial charge in [-0.2, -0.15) is 0 Å². The zero-order chi connectivity index (χ0) is 12.5. The Kier molecular flexibility index (Phi) is 4.08. The quantitative estimate of drug-likeness (QED) is 0.272. The minimum Gasteiger partial charge on any atom is -0.274 e. The first-order valence-electron chi connectivity index (χ1n) is 3.67. The van der Waals surface area contributed by atoms with Gasteiger partial charge in [0.05, 0.1) is 10.5 Å². The number of halogens is 4. The number of nitrogens with zero attached hydrogens (tertiary/aromatic N) is 2. The monoisotopic (exact) mass is 362 g/mol. The van der Waals surface area contributed by atoms with Crippen LogP contribution in [0.4, 0.5) is 14.5 Å². The summed E-state index contributed by atoms with van der Waals surface area (Å²) in [6, 6.07) is 0.606. The lowest BCUT2D eigenvalue weighted by molar-refractivity contribution is -0.386. The summed E-state index contributed by atoms with van der Waals surface area (Å²) in [5.41, 5.74) is -2.09. The Morgan fingerprint density at radius 3 is 2.56 bits per heavy atom. The first-order chi connectivity index (χ1) is 7.34. The highest BCUT2D eigenvalue weighted by atomic mass is 127. The van der Waals surface area contributed by atoms with Crippen molar-refractivity contribution < 1.29 is 18.5 Å². The van der Waals surface area contributed by atoms with Gasteiger partial charge in [0.2, 0.25) is 0 Å². The molecule has 0 fully saturated rings. The van der Waals surface area contributed by atoms with Gasteiger partial charge in [-0.3, -0.25) is 14.9 Å². The lowest BCUT2D eigenvalue weighted by Crippen LogP contribution is -2.06. The molecule has 0 unspecified atom stereocenters. The Morgan fingerprint density at radius 2 is 2.19 bits per heavy atom. The van der Waals surface area contributed by atoms with E-state index in [1.807, 2.05) is 0 Å². The molecule has 1 heterocycles. The fourth-order valence-corrected chi connectivity index (χ4v) is 1.69. The number of aromatic nitrogens is 1. The number of carbonyl (C=O) groups is 1. The molecule has 0 saturated heterocycles. The molecule has 0 aromatic carbocycles. The van der Waals surface area contributed by atoms with Gasteiger partial charge in [0, 0.05) is 6.07 Å². The van der Waals surface area contributed by atoms with Crippen molar-refractivity contribution in [2.24, 2.45) is 0 Å². The van der Waals surface area contributed by atoms with Crippen LogP contribution in [0.25, 0.3) is 0 Å². The standard InChI is InChI=1S/C7H2ClF2IN2O3/c8-5(14)4-2(6(9)10)1-3(13(15)16)7(11)12-4/h1,6H. The number of alkyl halides is 2. The highest BCUT2D eigenvalue weighted by Gasteiger charge is 2.25. The number of rotatable bonds is 3. The minimum absolute atomic E-state index is 0.170. The van der Waals surface area contributed by atoms with Crippen molar-refractivity contribution in [3.8, 4) is 0 Å². The molecule has 16 heavy (non-hydrogen) atoms. The van der Waals surface area contributed by atoms with Crippen molar-refractivity contribution in [3.05, 3.63) is 31.1 Å². The molecule has 1 aromatic rings. The van der Waals surface area contributed by atoms with Crippen molar-refractivity contribution in [2.75, 3.05) is 0 Å². The third-order valence-electron chi connectivity index (χ3n) is 1.60. The van der Waals surface area contributed by atoms with E-state index in [1.54, 1.807) is 0 Å². The largest absolute Gasteiger partial charge is 0.301 e. The normalized spacial score (nSPS) is 10.6. The van der Waals surface area contributed by atoms with Crippen LogP contribution in [0.1, 0.15) is 22.5 Å². The van der Waals surface area contributed by atoms with Crippen LogP contribution >= 0.6 is 34.2 Å². The summed E-state index contributed by atoms with van der Waals surface area (Å²) < 4.78 is 24.8. The zero-order valence-electron chi connectivity index (χ0n) is 7.29. The maximum absolute atomic E-state index is 12.5. The number of pyridine rings is 1. The van der Waals surface area contributed by atoms with Crippen molar-refractivity contribution >= 4 is 45.1 Å². The average molecular weight is 362 g/mol. The minimum atomic E-state index is -3.05. The third kappa shape index (κ3) is 2.61. The van der Waals surface area contributed by atoms with Crippen molar-refractivity contribution in [1.82, 2.24) is 4.98 Å². The van der Waals surface area contributed by atoms with Gasteiger partial charge in [-0.15, -0.1) is 0 Å². The number of hydrogen-bond donors (Lipinski definition) is 0. The van der Waals surface area contributed by atoms with Gasteiger partial charge in [-0.05, 0) is 34.2 Å². The number of hydrogen-bond acceptors (Lipinski definition) is 4. The van der Waals surface area contributed by atoms with E-state index in [4.69, 9.17) is 11.6 Å². The van der Waals surface area contributed by atoms with Gasteiger partial charge >= 0.3 is 5.69 Å². The Balaban J connectivity index is 3.49. The first-order valence-corrected chi connectivity index (χ1v) is 5.13. The van der Waals surface area contributed by atoms with E-state index >= 15 is 0 Å². The van der Waals surface area contributed by atoms with Crippen molar-refractivity contribution in [2.45, 2.75) is 6.43 Å². The molecule has 86 valence electrons. The Labute approximate surface area is 106 Å². The molecule has 9 heteroatoms. The van der Waals surface area contributed by atoms with Crippen LogP contribution in [0.2, 0.25) is 0 Å². The molecule has 0 aliphatic rings. The first kappa shape index (κ1) is 13.2. The van der Waals surface area contributed by atoms with Crippen LogP contribution in [0, 0.1) is 13.8 Å². The van der Waals surface area contributed by atoms with Gasteiger partial charge in [-0.25, -0.2) is 13.8 Å². The van der Waals surface area contributed by atoms with Gasteiger partial charge in [0.25, 0.3) is 11.7 Å². The molecule has 0 amide bonds. The molecule has 0 spiro atoms. The predicted octanol–water partition coefficient (Wildman–Crippen LogP) is 2.91. The van der Waals surface area contributed by atoms with Crippen LogP contribution in [0.15, 0.2) is 6.07 Å². The molecule has 0 saturated carbocycles. The number of carbonyl (C=O) groups excluding carboxylic acids is 1. The third-order valence-corrected chi connectivity index (χ3v) is 2.58.